The van der Waals surface area contributed by atoms with Crippen LogP contribution in [0.25, 0.3) is 0 Å². The topological polar surface area (TPSA) is 26.3 Å². The number of carbonyl (C=O) groups excluding carboxylic acids is 1. The summed E-state index contributed by atoms with van der Waals surface area (Å²) in [5.74, 6) is 4.11. The maximum absolute atomic E-state index is 11.5. The van der Waals surface area contributed by atoms with Gasteiger partial charge in [-0.2, -0.15) is 0 Å². The van der Waals surface area contributed by atoms with E-state index in [2.05, 4.69) is 65.8 Å². The normalized spacial score (nSPS) is 40.8. The predicted octanol–water partition coefficient (Wildman–Crippen LogP) is 7.90. The number of allylic oxidation sites excluding steroid dienone is 5. The van der Waals surface area contributed by atoms with Gasteiger partial charge in [0.2, 0.25) is 0 Å². The number of fused-ring (bicyclic) bond motifs is 5. The first-order valence-corrected chi connectivity index (χ1v) is 13.3. The molecule has 0 amide bonds. The van der Waals surface area contributed by atoms with Crippen molar-refractivity contribution in [1.29, 1.82) is 0 Å². The number of hydrogen-bond donors (Lipinski definition) is 0. The molecule has 0 bridgehead atoms. The summed E-state index contributed by atoms with van der Waals surface area (Å²) in [7, 11) is 0. The predicted molar refractivity (Wildman–Crippen MR) is 133 cm³/mol. The summed E-state index contributed by atoms with van der Waals surface area (Å²) < 4.78 is 5.59. The molecule has 32 heavy (non-hydrogen) atoms. The van der Waals surface area contributed by atoms with Gasteiger partial charge >= 0.3 is 5.97 Å². The van der Waals surface area contributed by atoms with Gasteiger partial charge in [0, 0.05) is 13.3 Å². The van der Waals surface area contributed by atoms with Crippen molar-refractivity contribution in [3.63, 3.8) is 0 Å². The van der Waals surface area contributed by atoms with Crippen LogP contribution < -0.4 is 0 Å². The Morgan fingerprint density at radius 1 is 1.00 bits per heavy atom. The Bertz CT molecular complexity index is 817. The number of hydrogen-bond acceptors (Lipinski definition) is 2. The molecule has 0 aromatic carbocycles. The summed E-state index contributed by atoms with van der Waals surface area (Å²) in [6.45, 7) is 16.1. The summed E-state index contributed by atoms with van der Waals surface area (Å²) in [6, 6.07) is 0. The smallest absolute Gasteiger partial charge is 0.302 e. The fourth-order valence-corrected chi connectivity index (χ4v) is 7.92. The summed E-state index contributed by atoms with van der Waals surface area (Å²) in [5, 5.41) is 0. The number of rotatable bonds is 5. The fraction of sp³-hybridized carbons (Fsp3) is 0.767. The molecule has 0 aromatic heterocycles. The largest absolute Gasteiger partial charge is 0.462 e. The van der Waals surface area contributed by atoms with E-state index in [9.17, 15) is 4.79 Å². The van der Waals surface area contributed by atoms with Gasteiger partial charge in [0.05, 0.1) is 0 Å². The second-order valence-corrected chi connectivity index (χ2v) is 12.4. The molecule has 2 nitrogen and oxygen atoms in total. The minimum atomic E-state index is -0.136. The van der Waals surface area contributed by atoms with Crippen LogP contribution in [0.4, 0.5) is 0 Å². The molecule has 0 N–H and O–H groups in total. The second kappa shape index (κ2) is 8.80. The Morgan fingerprint density at radius 2 is 1.75 bits per heavy atom. The van der Waals surface area contributed by atoms with Crippen molar-refractivity contribution in [2.24, 2.45) is 46.3 Å². The first-order chi connectivity index (χ1) is 15.1. The molecule has 0 aromatic rings. The van der Waals surface area contributed by atoms with E-state index in [1.807, 2.05) is 0 Å². The van der Waals surface area contributed by atoms with Gasteiger partial charge in [-0.15, -0.1) is 0 Å². The summed E-state index contributed by atoms with van der Waals surface area (Å²) in [4.78, 5) is 11.5. The maximum atomic E-state index is 11.5. The van der Waals surface area contributed by atoms with Crippen LogP contribution in [0, 0.1) is 46.3 Å². The SMILES string of the molecule is CC(=O)OC1CC[C@]2(C)C(=CC=C3C4CCC([C@H](C)/C=C/[C@H](C)C(C)C)C4(C)CC[C@@H]32)C1. The molecule has 4 rings (SSSR count). The van der Waals surface area contributed by atoms with E-state index in [4.69, 9.17) is 4.74 Å². The fourth-order valence-electron chi connectivity index (χ4n) is 7.92. The van der Waals surface area contributed by atoms with Crippen LogP contribution in [0.15, 0.2) is 35.5 Å². The van der Waals surface area contributed by atoms with Crippen molar-refractivity contribution in [2.45, 2.75) is 99.5 Å². The molecule has 4 unspecified atom stereocenters. The van der Waals surface area contributed by atoms with Crippen LogP contribution in [0.3, 0.4) is 0 Å². The third-order valence-electron chi connectivity index (χ3n) is 10.3. The molecule has 8 atom stereocenters. The van der Waals surface area contributed by atoms with Crippen LogP contribution >= 0.6 is 0 Å². The lowest BCUT2D eigenvalue weighted by Gasteiger charge is -2.55. The molecule has 0 radical (unpaired) electrons. The zero-order chi connectivity index (χ0) is 23.3. The first-order valence-electron chi connectivity index (χ1n) is 13.3. The van der Waals surface area contributed by atoms with Gasteiger partial charge in [-0.25, -0.2) is 0 Å². The molecule has 0 spiro atoms. The van der Waals surface area contributed by atoms with Gasteiger partial charge in [0.1, 0.15) is 6.10 Å². The van der Waals surface area contributed by atoms with E-state index < -0.39 is 0 Å². The average Bonchev–Trinajstić information content (AvgIpc) is 3.08. The van der Waals surface area contributed by atoms with Gasteiger partial charge in [-0.05, 0) is 84.9 Å². The van der Waals surface area contributed by atoms with Gasteiger partial charge in [0.15, 0.2) is 0 Å². The summed E-state index contributed by atoms with van der Waals surface area (Å²) in [6.07, 6.45) is 18.5. The van der Waals surface area contributed by atoms with Gasteiger partial charge in [0.25, 0.3) is 0 Å². The third kappa shape index (κ3) is 4.05. The average molecular weight is 439 g/mol. The summed E-state index contributed by atoms with van der Waals surface area (Å²) in [5.41, 5.74) is 3.98. The van der Waals surface area contributed by atoms with Gasteiger partial charge < -0.3 is 4.74 Å². The molecule has 0 saturated heterocycles. The van der Waals surface area contributed by atoms with E-state index in [1.54, 1.807) is 12.5 Å². The number of ether oxygens (including phenoxy) is 1. The number of carbonyl (C=O) groups is 1. The highest BCUT2D eigenvalue weighted by Crippen LogP contribution is 2.66. The van der Waals surface area contributed by atoms with Crippen LogP contribution in [0.2, 0.25) is 0 Å². The van der Waals surface area contributed by atoms with E-state index in [0.717, 1.165) is 31.1 Å². The third-order valence-corrected chi connectivity index (χ3v) is 10.3. The standard InChI is InChI=1S/C30H46O2/c1-19(2)20(3)8-9-21(4)26-12-13-27-25-11-10-23-18-24(32-22(5)31)14-16-29(23,6)28(25)15-17-30(26,27)7/h8-11,19-21,24,26-28H,12-18H2,1-7H3/b9-8+/t20-,21+,24?,26?,27?,28-,29+,30?/m0/s1. The molecule has 3 saturated carbocycles. The van der Waals surface area contributed by atoms with Gasteiger partial charge in [-0.3, -0.25) is 4.79 Å². The van der Waals surface area contributed by atoms with Crippen LogP contribution in [-0.2, 0) is 9.53 Å². The summed E-state index contributed by atoms with van der Waals surface area (Å²) >= 11 is 0. The lowest BCUT2D eigenvalue weighted by Crippen LogP contribution is -2.46. The van der Waals surface area contributed by atoms with Crippen molar-refractivity contribution in [3.05, 3.63) is 35.5 Å². The van der Waals surface area contributed by atoms with Crippen molar-refractivity contribution in [2.75, 3.05) is 0 Å². The van der Waals surface area contributed by atoms with E-state index >= 15 is 0 Å². The zero-order valence-electron chi connectivity index (χ0n) is 21.6. The minimum Gasteiger partial charge on any atom is -0.462 e. The van der Waals surface area contributed by atoms with Gasteiger partial charge in [-0.1, -0.05) is 77.0 Å². The van der Waals surface area contributed by atoms with Crippen molar-refractivity contribution in [1.82, 2.24) is 0 Å². The first kappa shape index (κ1) is 23.8. The van der Waals surface area contributed by atoms with Crippen LogP contribution in [0.1, 0.15) is 93.4 Å². The van der Waals surface area contributed by atoms with E-state index in [0.29, 0.717) is 29.1 Å². The van der Waals surface area contributed by atoms with Crippen molar-refractivity contribution >= 4 is 5.97 Å². The maximum Gasteiger partial charge on any atom is 0.302 e. The highest BCUT2D eigenvalue weighted by atomic mass is 16.5. The zero-order valence-corrected chi connectivity index (χ0v) is 21.6. The van der Waals surface area contributed by atoms with E-state index in [1.165, 1.54) is 31.3 Å². The second-order valence-electron chi connectivity index (χ2n) is 12.4. The highest BCUT2D eigenvalue weighted by Gasteiger charge is 2.56. The quantitative estimate of drug-likeness (QED) is 0.322. The Kier molecular flexibility index (Phi) is 6.56. The molecular weight excluding hydrogens is 392 g/mol. The molecule has 178 valence electrons. The minimum absolute atomic E-state index is 0.0763. The van der Waals surface area contributed by atoms with Crippen LogP contribution in [0.5, 0.6) is 0 Å². The number of esters is 1. The molecule has 0 heterocycles. The Morgan fingerprint density at radius 3 is 2.44 bits per heavy atom. The van der Waals surface area contributed by atoms with E-state index in [-0.39, 0.29) is 17.5 Å². The molecule has 2 heteroatoms. The molecular formula is C30H46O2. The molecule has 4 aliphatic carbocycles. The molecule has 0 aliphatic heterocycles. The lowest BCUT2D eigenvalue weighted by molar-refractivity contribution is -0.148. The monoisotopic (exact) mass is 438 g/mol. The van der Waals surface area contributed by atoms with Crippen molar-refractivity contribution in [3.8, 4) is 0 Å². The Balaban J connectivity index is 1.54. The van der Waals surface area contributed by atoms with Crippen molar-refractivity contribution < 1.29 is 9.53 Å². The highest BCUT2D eigenvalue weighted by molar-refractivity contribution is 5.66. The Hall–Kier alpha value is -1.31. The molecule has 4 aliphatic rings. The molecule has 3 fully saturated rings. The van der Waals surface area contributed by atoms with Crippen LogP contribution in [-0.4, -0.2) is 12.1 Å². The lowest BCUT2D eigenvalue weighted by atomic mass is 9.50. The Labute approximate surface area is 197 Å².